The molecule has 4 heteroatoms. The number of piperidine rings is 1. The van der Waals surface area contributed by atoms with Crippen molar-refractivity contribution in [2.45, 2.75) is 39.0 Å². The molecule has 1 aliphatic carbocycles. The van der Waals surface area contributed by atoms with Crippen molar-refractivity contribution in [3.05, 3.63) is 35.6 Å². The molecule has 122 valence electrons. The summed E-state index contributed by atoms with van der Waals surface area (Å²) in [5, 5.41) is 0. The van der Waals surface area contributed by atoms with E-state index < -0.39 is 0 Å². The molecule has 3 rings (SSSR count). The van der Waals surface area contributed by atoms with Gasteiger partial charge in [0, 0.05) is 6.54 Å². The van der Waals surface area contributed by atoms with Gasteiger partial charge in [0.15, 0.2) is 0 Å². The molecule has 2 aliphatic rings. The predicted molar refractivity (Wildman–Crippen MR) is 86.9 cm³/mol. The first-order valence-electron chi connectivity index (χ1n) is 8.14. The fourth-order valence-corrected chi connectivity index (χ4v) is 3.12. The number of nitrogens with zero attached hydrogens (tertiary/aromatic N) is 1. The molecule has 0 bridgehead atoms. The van der Waals surface area contributed by atoms with Gasteiger partial charge in [-0.15, -0.1) is 0 Å². The van der Waals surface area contributed by atoms with Crippen molar-refractivity contribution in [3.63, 3.8) is 0 Å². The second-order valence-corrected chi connectivity index (χ2v) is 6.96. The lowest BCUT2D eigenvalue weighted by atomic mass is 9.96. The Hall–Kier alpha value is -1.42. The van der Waals surface area contributed by atoms with E-state index in [0.29, 0.717) is 6.42 Å². The van der Waals surface area contributed by atoms with Gasteiger partial charge in [0.25, 0.3) is 0 Å². The van der Waals surface area contributed by atoms with Crippen molar-refractivity contribution >= 4 is 5.91 Å². The largest absolute Gasteiger partial charge is 0.369 e. The molecule has 1 amide bonds. The van der Waals surface area contributed by atoms with Crippen LogP contribution < -0.4 is 5.73 Å². The molecule has 1 saturated carbocycles. The Morgan fingerprint density at radius 1 is 1.45 bits per heavy atom. The monoisotopic (exact) mass is 306 g/mol. The zero-order valence-electron chi connectivity index (χ0n) is 13.6. The minimum Gasteiger partial charge on any atom is -0.369 e. The summed E-state index contributed by atoms with van der Waals surface area (Å²) in [6.07, 6.45) is 5.07. The summed E-state index contributed by atoms with van der Waals surface area (Å²) in [6, 6.07) is 6.34. The molecule has 1 saturated heterocycles. The third-order valence-electron chi connectivity index (χ3n) is 4.67. The first-order valence-corrected chi connectivity index (χ1v) is 8.14. The van der Waals surface area contributed by atoms with E-state index in [2.05, 4.69) is 18.9 Å². The SMILES string of the molecule is CC1CCCN(C)C1.NC(=O)C1(Cc2cccc(F)c2)CC1. The van der Waals surface area contributed by atoms with E-state index in [1.54, 1.807) is 6.07 Å². The highest BCUT2D eigenvalue weighted by Crippen LogP contribution is 2.48. The quantitative estimate of drug-likeness (QED) is 0.933. The van der Waals surface area contributed by atoms with Crippen molar-refractivity contribution in [2.24, 2.45) is 17.1 Å². The van der Waals surface area contributed by atoms with Crippen LogP contribution in [0.5, 0.6) is 0 Å². The number of amides is 1. The molecule has 3 nitrogen and oxygen atoms in total. The van der Waals surface area contributed by atoms with Gasteiger partial charge in [-0.05, 0) is 69.3 Å². The highest BCUT2D eigenvalue weighted by atomic mass is 19.1. The molecule has 1 aromatic carbocycles. The molecule has 2 N–H and O–H groups in total. The summed E-state index contributed by atoms with van der Waals surface area (Å²) >= 11 is 0. The highest BCUT2D eigenvalue weighted by molar-refractivity contribution is 5.83. The molecule has 1 aliphatic heterocycles. The van der Waals surface area contributed by atoms with Crippen LogP contribution in [0.4, 0.5) is 4.39 Å². The van der Waals surface area contributed by atoms with Crippen LogP contribution in [0.25, 0.3) is 0 Å². The van der Waals surface area contributed by atoms with E-state index in [-0.39, 0.29) is 17.1 Å². The number of rotatable bonds is 3. The number of halogens is 1. The first-order chi connectivity index (χ1) is 10.4. The zero-order valence-corrected chi connectivity index (χ0v) is 13.6. The molecule has 0 radical (unpaired) electrons. The predicted octanol–water partition coefficient (Wildman–Crippen LogP) is 2.98. The highest BCUT2D eigenvalue weighted by Gasteiger charge is 2.48. The van der Waals surface area contributed by atoms with E-state index >= 15 is 0 Å². The number of likely N-dealkylation sites (tertiary alicyclic amines) is 1. The minimum absolute atomic E-state index is 0.261. The maximum atomic E-state index is 12.8. The molecule has 2 fully saturated rings. The average molecular weight is 306 g/mol. The smallest absolute Gasteiger partial charge is 0.223 e. The van der Waals surface area contributed by atoms with Crippen molar-refractivity contribution in [1.82, 2.24) is 4.90 Å². The van der Waals surface area contributed by atoms with Gasteiger partial charge in [-0.3, -0.25) is 4.79 Å². The van der Waals surface area contributed by atoms with Crippen LogP contribution in [0, 0.1) is 17.2 Å². The minimum atomic E-state index is -0.381. The van der Waals surface area contributed by atoms with E-state index in [4.69, 9.17) is 5.73 Å². The Kier molecular flexibility index (Phi) is 5.57. The molecule has 1 atom stereocenters. The number of hydrogen-bond donors (Lipinski definition) is 1. The van der Waals surface area contributed by atoms with Crippen LogP contribution in [0.3, 0.4) is 0 Å². The fourth-order valence-electron chi connectivity index (χ4n) is 3.12. The van der Waals surface area contributed by atoms with E-state index in [1.807, 2.05) is 6.07 Å². The molecule has 0 spiro atoms. The molecule has 1 heterocycles. The van der Waals surface area contributed by atoms with Crippen LogP contribution in [-0.2, 0) is 11.2 Å². The average Bonchev–Trinajstić information content (AvgIpc) is 3.20. The third kappa shape index (κ3) is 4.80. The van der Waals surface area contributed by atoms with Crippen LogP contribution in [0.2, 0.25) is 0 Å². The van der Waals surface area contributed by atoms with E-state index in [1.165, 1.54) is 38.1 Å². The van der Waals surface area contributed by atoms with Gasteiger partial charge < -0.3 is 10.6 Å². The fraction of sp³-hybridized carbons (Fsp3) is 0.611. The molecule has 22 heavy (non-hydrogen) atoms. The summed E-state index contributed by atoms with van der Waals surface area (Å²) in [5.74, 6) is 0.415. The lowest BCUT2D eigenvalue weighted by Crippen LogP contribution is -2.30. The van der Waals surface area contributed by atoms with Crippen LogP contribution in [0.1, 0.15) is 38.2 Å². The van der Waals surface area contributed by atoms with E-state index in [9.17, 15) is 9.18 Å². The van der Waals surface area contributed by atoms with Crippen molar-refractivity contribution < 1.29 is 9.18 Å². The van der Waals surface area contributed by atoms with Crippen LogP contribution >= 0.6 is 0 Å². The van der Waals surface area contributed by atoms with Crippen LogP contribution in [0.15, 0.2) is 24.3 Å². The van der Waals surface area contributed by atoms with Gasteiger partial charge in [-0.1, -0.05) is 19.1 Å². The van der Waals surface area contributed by atoms with Crippen molar-refractivity contribution in [2.75, 3.05) is 20.1 Å². The zero-order chi connectivity index (χ0) is 16.2. The molecular weight excluding hydrogens is 279 g/mol. The first kappa shape index (κ1) is 16.9. The van der Waals surface area contributed by atoms with Gasteiger partial charge in [0.05, 0.1) is 5.41 Å². The van der Waals surface area contributed by atoms with E-state index in [0.717, 1.165) is 24.3 Å². The summed E-state index contributed by atoms with van der Waals surface area (Å²) in [5.41, 5.74) is 5.75. The van der Waals surface area contributed by atoms with Crippen LogP contribution in [-0.4, -0.2) is 30.9 Å². The van der Waals surface area contributed by atoms with Gasteiger partial charge in [-0.2, -0.15) is 0 Å². The number of carbonyl (C=O) groups is 1. The Bertz CT molecular complexity index is 506. The number of hydrogen-bond acceptors (Lipinski definition) is 2. The van der Waals surface area contributed by atoms with Crippen molar-refractivity contribution in [1.29, 1.82) is 0 Å². The second-order valence-electron chi connectivity index (χ2n) is 6.96. The molecular formula is C18H27FN2O. The third-order valence-corrected chi connectivity index (χ3v) is 4.67. The topological polar surface area (TPSA) is 46.3 Å². The number of nitrogens with two attached hydrogens (primary N) is 1. The lowest BCUT2D eigenvalue weighted by Gasteiger charge is -2.26. The van der Waals surface area contributed by atoms with Crippen molar-refractivity contribution in [3.8, 4) is 0 Å². The summed E-state index contributed by atoms with van der Waals surface area (Å²) < 4.78 is 12.8. The number of carbonyl (C=O) groups excluding carboxylic acids is 1. The molecule has 1 unspecified atom stereocenters. The Morgan fingerprint density at radius 2 is 2.18 bits per heavy atom. The summed E-state index contributed by atoms with van der Waals surface area (Å²) in [7, 11) is 2.20. The second kappa shape index (κ2) is 7.23. The Labute approximate surface area is 132 Å². The number of benzene rings is 1. The van der Waals surface area contributed by atoms with Gasteiger partial charge >= 0.3 is 0 Å². The molecule has 0 aromatic heterocycles. The van der Waals surface area contributed by atoms with Gasteiger partial charge in [-0.25, -0.2) is 4.39 Å². The van der Waals surface area contributed by atoms with Gasteiger partial charge in [0.2, 0.25) is 5.91 Å². The summed E-state index contributed by atoms with van der Waals surface area (Å²) in [6.45, 7) is 4.94. The Morgan fingerprint density at radius 3 is 2.64 bits per heavy atom. The normalized spacial score (nSPS) is 23.3. The van der Waals surface area contributed by atoms with Gasteiger partial charge in [0.1, 0.15) is 5.82 Å². The standard InChI is InChI=1S/C11H12FNO.C7H15N/c12-9-3-1-2-8(6-9)7-11(4-5-11)10(13)14;1-7-4-3-5-8(2)6-7/h1-3,6H,4-5,7H2,(H2,13,14);7H,3-6H2,1-2H3. The maximum absolute atomic E-state index is 12.8. The number of primary amides is 1. The Balaban J connectivity index is 0.000000188. The molecule has 1 aromatic rings. The summed E-state index contributed by atoms with van der Waals surface area (Å²) in [4.78, 5) is 13.5. The lowest BCUT2D eigenvalue weighted by molar-refractivity contribution is -0.123. The maximum Gasteiger partial charge on any atom is 0.223 e.